The molecule has 1 saturated heterocycles. The molecule has 0 unspecified atom stereocenters. The van der Waals surface area contributed by atoms with Crippen molar-refractivity contribution in [2.24, 2.45) is 4.99 Å². The van der Waals surface area contributed by atoms with E-state index in [0.29, 0.717) is 5.70 Å². The quantitative estimate of drug-likeness (QED) is 0.426. The van der Waals surface area contributed by atoms with Crippen LogP contribution in [0.2, 0.25) is 0 Å². The minimum Gasteiger partial charge on any atom is -0.462 e. The van der Waals surface area contributed by atoms with Gasteiger partial charge < -0.3 is 14.5 Å². The lowest BCUT2D eigenvalue weighted by atomic mass is 10.1. The number of rotatable bonds is 6. The Balaban J connectivity index is 1.82. The Hall–Kier alpha value is -2.13. The molecule has 0 aliphatic carbocycles. The summed E-state index contributed by atoms with van der Waals surface area (Å²) >= 11 is 0. The zero-order valence-electron chi connectivity index (χ0n) is 13.7. The van der Waals surface area contributed by atoms with Crippen molar-refractivity contribution in [3.8, 4) is 6.07 Å². The minimum absolute atomic E-state index is 0.0488. The number of hydrogen-bond donors (Lipinski definition) is 0. The van der Waals surface area contributed by atoms with Gasteiger partial charge in [-0.25, -0.2) is 9.79 Å². The van der Waals surface area contributed by atoms with Crippen LogP contribution < -0.4 is 0 Å². The molecule has 0 radical (unpaired) electrons. The van der Waals surface area contributed by atoms with Crippen LogP contribution in [-0.2, 0) is 9.53 Å². The van der Waals surface area contributed by atoms with E-state index in [1.54, 1.807) is 19.3 Å². The van der Waals surface area contributed by atoms with E-state index < -0.39 is 5.97 Å². The number of carbonyl (C=O) groups is 1. The number of hydrogen-bond acceptors (Lipinski definition) is 6. The van der Waals surface area contributed by atoms with Gasteiger partial charge >= 0.3 is 5.97 Å². The molecule has 2 aliphatic rings. The number of ether oxygens (including phenoxy) is 1. The normalized spacial score (nSPS) is 20.3. The molecule has 0 aromatic rings. The fourth-order valence-electron chi connectivity index (χ4n) is 2.74. The van der Waals surface area contributed by atoms with E-state index in [1.807, 2.05) is 17.2 Å². The molecular weight excluding hydrogens is 292 g/mol. The fourth-order valence-corrected chi connectivity index (χ4v) is 2.74. The largest absolute Gasteiger partial charge is 0.462 e. The van der Waals surface area contributed by atoms with E-state index in [-0.39, 0.29) is 12.2 Å². The first-order valence-corrected chi connectivity index (χ1v) is 8.26. The first-order chi connectivity index (χ1) is 11.2. The second kappa shape index (κ2) is 9.11. The maximum absolute atomic E-state index is 11.7. The van der Waals surface area contributed by atoms with E-state index in [4.69, 9.17) is 10.00 Å². The molecule has 0 aromatic carbocycles. The number of carbonyl (C=O) groups excluding carboxylic acids is 1. The molecule has 23 heavy (non-hydrogen) atoms. The van der Waals surface area contributed by atoms with Crippen molar-refractivity contribution in [3.63, 3.8) is 0 Å². The van der Waals surface area contributed by atoms with Gasteiger partial charge in [0.1, 0.15) is 6.07 Å². The van der Waals surface area contributed by atoms with Gasteiger partial charge in [-0.2, -0.15) is 5.26 Å². The molecule has 1 fully saturated rings. The first kappa shape index (κ1) is 17.2. The Morgan fingerprint density at radius 2 is 2.13 bits per heavy atom. The second-order valence-electron chi connectivity index (χ2n) is 5.65. The van der Waals surface area contributed by atoms with Crippen LogP contribution in [0.25, 0.3) is 0 Å². The van der Waals surface area contributed by atoms with Gasteiger partial charge in [0.15, 0.2) is 5.57 Å². The molecule has 6 nitrogen and oxygen atoms in total. The summed E-state index contributed by atoms with van der Waals surface area (Å²) in [5, 5.41) is 9.09. The van der Waals surface area contributed by atoms with Crippen molar-refractivity contribution in [1.82, 2.24) is 9.80 Å². The number of likely N-dealkylation sites (tertiary alicyclic amines) is 1. The fraction of sp³-hybridized carbons (Fsp3) is 0.588. The molecule has 0 saturated carbocycles. The van der Waals surface area contributed by atoms with Crippen molar-refractivity contribution in [3.05, 3.63) is 23.5 Å². The summed E-state index contributed by atoms with van der Waals surface area (Å²) in [5.74, 6) is -0.620. The standard InChI is InChI=1S/C17H24N4O2/c1-2-23-17(22)15(13-18)16-7-12-21(14-19-16)11-6-10-20-8-4-3-5-9-20/h7,12,14H,2-6,8-11H2,1H3/b16-15-. The van der Waals surface area contributed by atoms with E-state index in [2.05, 4.69) is 9.89 Å². The molecule has 2 heterocycles. The van der Waals surface area contributed by atoms with Crippen molar-refractivity contribution in [1.29, 1.82) is 5.26 Å². The van der Waals surface area contributed by atoms with Crippen LogP contribution in [0.1, 0.15) is 32.6 Å². The maximum atomic E-state index is 11.7. The Labute approximate surface area is 137 Å². The van der Waals surface area contributed by atoms with Gasteiger partial charge in [-0.15, -0.1) is 0 Å². The molecular formula is C17H24N4O2. The topological polar surface area (TPSA) is 68.9 Å². The summed E-state index contributed by atoms with van der Waals surface area (Å²) in [6.45, 7) is 6.36. The van der Waals surface area contributed by atoms with Crippen LogP contribution in [0.5, 0.6) is 0 Å². The highest BCUT2D eigenvalue weighted by molar-refractivity contribution is 5.94. The lowest BCUT2D eigenvalue weighted by molar-refractivity contribution is -0.138. The average molecular weight is 316 g/mol. The smallest absolute Gasteiger partial charge is 0.351 e. The predicted molar refractivity (Wildman–Crippen MR) is 88.5 cm³/mol. The number of aliphatic imine (C=N–C) groups is 1. The molecule has 0 amide bonds. The molecule has 124 valence electrons. The third-order valence-electron chi connectivity index (χ3n) is 3.96. The summed E-state index contributed by atoms with van der Waals surface area (Å²) < 4.78 is 4.86. The number of allylic oxidation sites excluding steroid dienone is 1. The van der Waals surface area contributed by atoms with Gasteiger partial charge in [-0.1, -0.05) is 6.42 Å². The van der Waals surface area contributed by atoms with Crippen LogP contribution in [0.15, 0.2) is 28.5 Å². The molecule has 2 aliphatic heterocycles. The Morgan fingerprint density at radius 1 is 1.35 bits per heavy atom. The summed E-state index contributed by atoms with van der Waals surface area (Å²) in [4.78, 5) is 20.4. The summed E-state index contributed by atoms with van der Waals surface area (Å²) in [5.41, 5.74) is 0.311. The van der Waals surface area contributed by atoms with Gasteiger partial charge in [0.2, 0.25) is 0 Å². The van der Waals surface area contributed by atoms with Gasteiger partial charge in [-0.3, -0.25) is 0 Å². The number of nitriles is 1. The molecule has 2 rings (SSSR count). The van der Waals surface area contributed by atoms with Crippen LogP contribution in [0.3, 0.4) is 0 Å². The van der Waals surface area contributed by atoms with Gasteiger partial charge in [-0.05, 0) is 51.9 Å². The Bertz CT molecular complexity index is 523. The van der Waals surface area contributed by atoms with Gasteiger partial charge in [0.25, 0.3) is 0 Å². The first-order valence-electron chi connectivity index (χ1n) is 8.26. The number of nitrogens with zero attached hydrogens (tertiary/aromatic N) is 4. The third kappa shape index (κ3) is 5.22. The van der Waals surface area contributed by atoms with E-state index in [0.717, 1.165) is 19.5 Å². The highest BCUT2D eigenvalue weighted by atomic mass is 16.5. The molecule has 0 bridgehead atoms. The summed E-state index contributed by atoms with van der Waals surface area (Å²) in [6, 6.07) is 1.87. The lowest BCUT2D eigenvalue weighted by Gasteiger charge is -2.27. The molecule has 0 aromatic heterocycles. The molecule has 0 spiro atoms. The van der Waals surface area contributed by atoms with E-state index >= 15 is 0 Å². The van der Waals surface area contributed by atoms with Crippen LogP contribution >= 0.6 is 0 Å². The van der Waals surface area contributed by atoms with Crippen molar-refractivity contribution in [2.45, 2.75) is 32.6 Å². The SMILES string of the molecule is CCOC(=O)/C(C#N)=C1/C=CN(CCCN2CCCCC2)C=N1. The zero-order valence-corrected chi connectivity index (χ0v) is 13.7. The molecule has 0 atom stereocenters. The van der Waals surface area contributed by atoms with Crippen molar-refractivity contribution in [2.75, 3.05) is 32.8 Å². The predicted octanol–water partition coefficient (Wildman–Crippen LogP) is 2.06. The zero-order chi connectivity index (χ0) is 16.5. The van der Waals surface area contributed by atoms with Gasteiger partial charge in [0.05, 0.1) is 18.6 Å². The number of esters is 1. The number of piperidine rings is 1. The van der Waals surface area contributed by atoms with E-state index in [9.17, 15) is 4.79 Å². The molecule has 6 heteroatoms. The van der Waals surface area contributed by atoms with Crippen molar-refractivity contribution >= 4 is 12.3 Å². The Kier molecular flexibility index (Phi) is 6.82. The molecule has 0 N–H and O–H groups in total. The lowest BCUT2D eigenvalue weighted by Crippen LogP contribution is -2.32. The highest BCUT2D eigenvalue weighted by Gasteiger charge is 2.16. The third-order valence-corrected chi connectivity index (χ3v) is 3.96. The minimum atomic E-state index is -0.620. The van der Waals surface area contributed by atoms with Gasteiger partial charge in [0, 0.05) is 12.7 Å². The summed E-state index contributed by atoms with van der Waals surface area (Å²) in [6.07, 6.45) is 10.3. The van der Waals surface area contributed by atoms with Crippen molar-refractivity contribution < 1.29 is 9.53 Å². The van der Waals surface area contributed by atoms with E-state index in [1.165, 1.54) is 32.4 Å². The Morgan fingerprint density at radius 3 is 2.74 bits per heavy atom. The summed E-state index contributed by atoms with van der Waals surface area (Å²) in [7, 11) is 0. The second-order valence-corrected chi connectivity index (χ2v) is 5.65. The van der Waals surface area contributed by atoms with Crippen LogP contribution in [0, 0.1) is 11.3 Å². The monoisotopic (exact) mass is 316 g/mol. The van der Waals surface area contributed by atoms with Crippen LogP contribution in [-0.4, -0.2) is 54.9 Å². The maximum Gasteiger partial charge on any atom is 0.351 e. The highest BCUT2D eigenvalue weighted by Crippen LogP contribution is 2.14. The average Bonchev–Trinajstić information content (AvgIpc) is 2.58. The van der Waals surface area contributed by atoms with Crippen LogP contribution in [0.4, 0.5) is 0 Å².